The first-order chi connectivity index (χ1) is 7.29. The molecular formula is C6H8O7P2S. The van der Waals surface area contributed by atoms with E-state index in [1.807, 2.05) is 0 Å². The van der Waals surface area contributed by atoms with Gasteiger partial charge in [-0.05, 0) is 12.1 Å². The predicted molar refractivity (Wildman–Crippen MR) is 56.3 cm³/mol. The molecule has 1 rings (SSSR count). The molecule has 0 radical (unpaired) electrons. The summed E-state index contributed by atoms with van der Waals surface area (Å²) in [6.45, 7) is 0. The zero-order chi connectivity index (χ0) is 12.2. The Kier molecular flexibility index (Phi) is 4.73. The van der Waals surface area contributed by atoms with Gasteiger partial charge in [0, 0.05) is 16.9 Å². The monoisotopic (exact) mass is 286 g/mol. The fourth-order valence-corrected chi connectivity index (χ4v) is 3.13. The molecule has 0 heterocycles. The van der Waals surface area contributed by atoms with Crippen molar-refractivity contribution in [3.8, 4) is 0 Å². The molecule has 0 spiro atoms. The fourth-order valence-electron chi connectivity index (χ4n) is 0.714. The molecule has 0 aromatic heterocycles. The lowest BCUT2D eigenvalue weighted by atomic mass is 10.4. The molecule has 7 nitrogen and oxygen atoms in total. The second-order valence-corrected chi connectivity index (χ2v) is 6.32. The first-order valence-corrected chi connectivity index (χ1v) is 7.56. The molecular weight excluding hydrogens is 278 g/mol. The van der Waals surface area contributed by atoms with Crippen molar-refractivity contribution in [3.05, 3.63) is 30.3 Å². The molecule has 0 bridgehead atoms. The quantitative estimate of drug-likeness (QED) is 0.555. The summed E-state index contributed by atoms with van der Waals surface area (Å²) in [5.74, 6) is 0. The molecule has 10 heteroatoms. The normalized spacial score (nSPS) is 15.7. The van der Waals surface area contributed by atoms with E-state index in [9.17, 15) is 9.13 Å². The number of benzene rings is 1. The van der Waals surface area contributed by atoms with Crippen molar-refractivity contribution in [2.45, 2.75) is 4.90 Å². The zero-order valence-electron chi connectivity index (χ0n) is 7.66. The first kappa shape index (κ1) is 13.9. The number of rotatable bonds is 5. The number of hydrogen-bond donors (Lipinski definition) is 3. The number of hydrogen-bond acceptors (Lipinski definition) is 5. The third-order valence-electron chi connectivity index (χ3n) is 1.18. The maximum Gasteiger partial charge on any atom is 0.492 e. The summed E-state index contributed by atoms with van der Waals surface area (Å²) in [6, 6.07) is 8.23. The van der Waals surface area contributed by atoms with Gasteiger partial charge in [-0.1, -0.05) is 18.2 Å². The van der Waals surface area contributed by atoms with Crippen LogP contribution in [0.3, 0.4) is 0 Å². The molecule has 90 valence electrons. The van der Waals surface area contributed by atoms with Gasteiger partial charge in [0.2, 0.25) is 0 Å². The minimum Gasteiger partial charge on any atom is -0.302 e. The van der Waals surface area contributed by atoms with Crippen molar-refractivity contribution >= 4 is 27.7 Å². The summed E-state index contributed by atoms with van der Waals surface area (Å²) in [7, 11) is -9.84. The Morgan fingerprint density at radius 3 is 2.12 bits per heavy atom. The smallest absolute Gasteiger partial charge is 0.302 e. The summed E-state index contributed by atoms with van der Waals surface area (Å²) in [6.07, 6.45) is 0. The molecule has 0 aliphatic heterocycles. The van der Waals surface area contributed by atoms with E-state index in [2.05, 4.69) is 8.28 Å². The van der Waals surface area contributed by atoms with Gasteiger partial charge < -0.3 is 14.7 Å². The maximum absolute atomic E-state index is 11.0. The predicted octanol–water partition coefficient (Wildman–Crippen LogP) is 1.92. The average molecular weight is 286 g/mol. The minimum absolute atomic E-state index is 0.487. The molecule has 0 fully saturated rings. The van der Waals surface area contributed by atoms with E-state index < -0.39 is 15.6 Å². The SMILES string of the molecule is O=P(O)(O)OP(=O)(O)OSc1ccccc1. The first-order valence-electron chi connectivity index (χ1n) is 3.79. The molecule has 0 saturated carbocycles. The molecule has 0 aliphatic rings. The largest absolute Gasteiger partial charge is 0.492 e. The minimum atomic E-state index is -5.06. The van der Waals surface area contributed by atoms with Crippen LogP contribution in [-0.4, -0.2) is 14.7 Å². The molecule has 0 amide bonds. The van der Waals surface area contributed by atoms with E-state index in [1.54, 1.807) is 30.3 Å². The van der Waals surface area contributed by atoms with Crippen LogP contribution in [0.4, 0.5) is 0 Å². The van der Waals surface area contributed by atoms with E-state index in [0.717, 1.165) is 0 Å². The van der Waals surface area contributed by atoms with Crippen LogP contribution in [0.5, 0.6) is 0 Å². The molecule has 1 atom stereocenters. The van der Waals surface area contributed by atoms with Crippen LogP contribution in [0.25, 0.3) is 0 Å². The summed E-state index contributed by atoms with van der Waals surface area (Å²) < 4.78 is 29.2. The Balaban J connectivity index is 2.55. The Hall–Kier alpha value is -0.170. The van der Waals surface area contributed by atoms with Gasteiger partial charge in [0.05, 0.1) is 0 Å². The van der Waals surface area contributed by atoms with Crippen LogP contribution in [-0.2, 0) is 17.4 Å². The third-order valence-corrected chi connectivity index (χ3v) is 4.37. The second-order valence-electron chi connectivity index (χ2n) is 2.51. The van der Waals surface area contributed by atoms with Crippen LogP contribution in [0.1, 0.15) is 0 Å². The van der Waals surface area contributed by atoms with Crippen molar-refractivity contribution in [1.29, 1.82) is 0 Å². The van der Waals surface area contributed by atoms with Crippen molar-refractivity contribution in [2.24, 2.45) is 0 Å². The van der Waals surface area contributed by atoms with Gasteiger partial charge in [-0.15, -0.1) is 0 Å². The van der Waals surface area contributed by atoms with Crippen LogP contribution >= 0.6 is 27.7 Å². The van der Waals surface area contributed by atoms with Crippen LogP contribution in [0.15, 0.2) is 35.2 Å². The van der Waals surface area contributed by atoms with E-state index in [1.165, 1.54) is 0 Å². The van der Waals surface area contributed by atoms with Crippen molar-refractivity contribution in [1.82, 2.24) is 0 Å². The topological polar surface area (TPSA) is 113 Å². The molecule has 0 aliphatic carbocycles. The van der Waals surface area contributed by atoms with Gasteiger partial charge >= 0.3 is 15.6 Å². The van der Waals surface area contributed by atoms with E-state index in [0.29, 0.717) is 16.9 Å². The van der Waals surface area contributed by atoms with Gasteiger partial charge in [0.15, 0.2) is 0 Å². The summed E-state index contributed by atoms with van der Waals surface area (Å²) in [5, 5.41) is 0. The van der Waals surface area contributed by atoms with Gasteiger partial charge in [-0.25, -0.2) is 13.1 Å². The van der Waals surface area contributed by atoms with Crippen LogP contribution in [0.2, 0.25) is 0 Å². The Labute approximate surface area is 95.5 Å². The number of phosphoric acid groups is 2. The van der Waals surface area contributed by atoms with E-state index in [-0.39, 0.29) is 0 Å². The standard InChI is InChI=1S/C6H8O7P2S/c7-14(8,9)12-15(10,11)13-16-6-4-2-1-3-5-6/h1-5H,(H,10,11)(H2,7,8,9). The Morgan fingerprint density at radius 2 is 1.62 bits per heavy atom. The summed E-state index contributed by atoms with van der Waals surface area (Å²) >= 11 is 0.487. The summed E-state index contributed by atoms with van der Waals surface area (Å²) in [4.78, 5) is 26.0. The fraction of sp³-hybridized carbons (Fsp3) is 0. The lowest BCUT2D eigenvalue weighted by Crippen LogP contribution is -1.88. The van der Waals surface area contributed by atoms with Crippen LogP contribution in [0, 0.1) is 0 Å². The lowest BCUT2D eigenvalue weighted by Gasteiger charge is -2.10. The van der Waals surface area contributed by atoms with E-state index in [4.69, 9.17) is 14.7 Å². The molecule has 1 unspecified atom stereocenters. The highest BCUT2D eigenvalue weighted by molar-refractivity contribution is 7.98. The molecule has 3 N–H and O–H groups in total. The van der Waals surface area contributed by atoms with Crippen molar-refractivity contribution in [2.75, 3.05) is 0 Å². The molecule has 1 aromatic carbocycles. The second kappa shape index (κ2) is 5.44. The molecule has 16 heavy (non-hydrogen) atoms. The van der Waals surface area contributed by atoms with E-state index >= 15 is 0 Å². The van der Waals surface area contributed by atoms with Gasteiger partial charge in [-0.3, -0.25) is 0 Å². The average Bonchev–Trinajstić information content (AvgIpc) is 2.13. The highest BCUT2D eigenvalue weighted by Gasteiger charge is 2.33. The highest BCUT2D eigenvalue weighted by atomic mass is 32.2. The zero-order valence-corrected chi connectivity index (χ0v) is 10.3. The molecule has 1 aromatic rings. The van der Waals surface area contributed by atoms with Gasteiger partial charge in [0.25, 0.3) is 0 Å². The van der Waals surface area contributed by atoms with Gasteiger partial charge in [-0.2, -0.15) is 4.31 Å². The third kappa shape index (κ3) is 5.79. The lowest BCUT2D eigenvalue weighted by molar-refractivity contribution is 0.236. The highest BCUT2D eigenvalue weighted by Crippen LogP contribution is 2.59. The summed E-state index contributed by atoms with van der Waals surface area (Å²) in [5.41, 5.74) is 0. The Morgan fingerprint density at radius 1 is 1.06 bits per heavy atom. The van der Waals surface area contributed by atoms with Gasteiger partial charge in [0.1, 0.15) is 0 Å². The molecule has 0 saturated heterocycles. The van der Waals surface area contributed by atoms with Crippen molar-refractivity contribution < 1.29 is 32.1 Å². The van der Waals surface area contributed by atoms with Crippen LogP contribution < -0.4 is 0 Å². The Bertz CT molecular complexity index is 430. The van der Waals surface area contributed by atoms with Crippen molar-refractivity contribution in [3.63, 3.8) is 0 Å². The maximum atomic E-state index is 11.0.